The van der Waals surface area contributed by atoms with Crippen LogP contribution in [0.5, 0.6) is 0 Å². The van der Waals surface area contributed by atoms with Crippen molar-refractivity contribution in [3.05, 3.63) is 68.1 Å². The number of rotatable bonds is 9. The number of halogens is 3. The number of ether oxygens (including phenoxy) is 2. The fraction of sp³-hybridized carbons (Fsp3) is 0.452. The van der Waals surface area contributed by atoms with Crippen molar-refractivity contribution in [1.29, 1.82) is 0 Å². The number of thiazole rings is 1. The molecule has 7 rings (SSSR count). The zero-order valence-corrected chi connectivity index (χ0v) is 25.6. The highest BCUT2D eigenvalue weighted by atomic mass is 35.5. The number of aromatic carboxylic acids is 1. The molecule has 2 atom stereocenters. The van der Waals surface area contributed by atoms with Gasteiger partial charge in [-0.3, -0.25) is 0 Å². The third kappa shape index (κ3) is 4.87. The first-order valence-electron chi connectivity index (χ1n) is 14.3. The Morgan fingerprint density at radius 2 is 1.86 bits per heavy atom. The molecule has 3 aliphatic carbocycles. The Labute approximate surface area is 260 Å². The van der Waals surface area contributed by atoms with E-state index in [1.54, 1.807) is 25.3 Å². The van der Waals surface area contributed by atoms with Crippen molar-refractivity contribution < 1.29 is 33.4 Å². The monoisotopic (exact) mass is 646 g/mol. The highest BCUT2D eigenvalue weighted by molar-refractivity contribution is 7.18. The lowest BCUT2D eigenvalue weighted by Crippen LogP contribution is -2.52. The van der Waals surface area contributed by atoms with Crippen LogP contribution in [0.3, 0.4) is 0 Å². The number of hydrogen-bond acceptors (Lipinski definition) is 8. The zero-order chi connectivity index (χ0) is 30.1. The molecule has 3 saturated carbocycles. The van der Waals surface area contributed by atoms with Crippen molar-refractivity contribution >= 4 is 50.7 Å². The van der Waals surface area contributed by atoms with E-state index in [0.29, 0.717) is 50.5 Å². The maximum absolute atomic E-state index is 14.8. The molecule has 2 unspecified atom stereocenters. The van der Waals surface area contributed by atoms with Gasteiger partial charge < -0.3 is 24.2 Å². The summed E-state index contributed by atoms with van der Waals surface area (Å²) in [5.74, 6) is -1.31. The van der Waals surface area contributed by atoms with Crippen LogP contribution >= 0.6 is 34.5 Å². The Bertz CT molecular complexity index is 1700. The molecule has 2 N–H and O–H groups in total. The molecule has 0 amide bonds. The summed E-state index contributed by atoms with van der Waals surface area (Å²) in [5, 5.41) is 27.3. The molecule has 12 heteroatoms. The maximum Gasteiger partial charge on any atom is 0.335 e. The van der Waals surface area contributed by atoms with Gasteiger partial charge in [-0.2, -0.15) is 0 Å². The minimum Gasteiger partial charge on any atom is -0.478 e. The van der Waals surface area contributed by atoms with Gasteiger partial charge in [0.1, 0.15) is 27.6 Å². The zero-order valence-electron chi connectivity index (χ0n) is 23.2. The molecule has 0 radical (unpaired) electrons. The van der Waals surface area contributed by atoms with E-state index in [4.69, 9.17) is 37.2 Å². The number of benzene rings is 2. The summed E-state index contributed by atoms with van der Waals surface area (Å²) in [4.78, 5) is 16.0. The molecular formula is C31H29Cl2FN2O6S. The van der Waals surface area contributed by atoms with E-state index in [1.807, 2.05) is 0 Å². The third-order valence-corrected chi connectivity index (χ3v) is 11.1. The Balaban J connectivity index is 1.20. The predicted octanol–water partition coefficient (Wildman–Crippen LogP) is 7.58. The number of fused-ring (bicyclic) bond motifs is 3. The number of aromatic nitrogens is 2. The van der Waals surface area contributed by atoms with Crippen LogP contribution in [0.15, 0.2) is 34.9 Å². The van der Waals surface area contributed by atoms with Crippen molar-refractivity contribution in [1.82, 2.24) is 10.1 Å². The number of methoxy groups -OCH3 is 1. The van der Waals surface area contributed by atoms with E-state index < -0.39 is 23.0 Å². The molecule has 0 aliphatic heterocycles. The predicted molar refractivity (Wildman–Crippen MR) is 159 cm³/mol. The number of nitrogens with zero attached hydrogens (tertiary/aromatic N) is 2. The summed E-state index contributed by atoms with van der Waals surface area (Å²) in [6, 6.07) is 7.69. The first-order valence-corrected chi connectivity index (χ1v) is 15.8. The molecule has 226 valence electrons. The molecule has 3 fully saturated rings. The van der Waals surface area contributed by atoms with Gasteiger partial charge in [0.15, 0.2) is 5.82 Å². The second-order valence-electron chi connectivity index (χ2n) is 12.0. The molecule has 0 saturated heterocycles. The van der Waals surface area contributed by atoms with Crippen molar-refractivity contribution in [3.63, 3.8) is 0 Å². The molecule has 2 heterocycles. The summed E-state index contributed by atoms with van der Waals surface area (Å²) >= 11 is 14.3. The van der Waals surface area contributed by atoms with Gasteiger partial charge in [0.2, 0.25) is 0 Å². The smallest absolute Gasteiger partial charge is 0.335 e. The topological polar surface area (TPSA) is 115 Å². The van der Waals surface area contributed by atoms with Gasteiger partial charge >= 0.3 is 5.97 Å². The molecule has 2 aromatic heterocycles. The highest BCUT2D eigenvalue weighted by Crippen LogP contribution is 2.60. The quantitative estimate of drug-likeness (QED) is 0.191. The lowest BCUT2D eigenvalue weighted by Gasteiger charge is -2.47. The first-order chi connectivity index (χ1) is 20.6. The van der Waals surface area contributed by atoms with E-state index in [1.165, 1.54) is 6.07 Å². The van der Waals surface area contributed by atoms with E-state index >= 15 is 0 Å². The van der Waals surface area contributed by atoms with Gasteiger partial charge in [0.25, 0.3) is 0 Å². The number of carbonyl (C=O) groups is 1. The van der Waals surface area contributed by atoms with Crippen LogP contribution in [0, 0.1) is 17.7 Å². The van der Waals surface area contributed by atoms with E-state index in [2.05, 4.69) is 10.1 Å². The van der Waals surface area contributed by atoms with Gasteiger partial charge in [0, 0.05) is 24.2 Å². The van der Waals surface area contributed by atoms with E-state index in [0.717, 1.165) is 54.4 Å². The summed E-state index contributed by atoms with van der Waals surface area (Å²) in [6.45, 7) is 0.524. The van der Waals surface area contributed by atoms with E-state index in [9.17, 15) is 19.4 Å². The fourth-order valence-corrected chi connectivity index (χ4v) is 8.96. The van der Waals surface area contributed by atoms with Crippen molar-refractivity contribution in [2.24, 2.45) is 11.8 Å². The summed E-state index contributed by atoms with van der Waals surface area (Å²) < 4.78 is 33.5. The Kier molecular flexibility index (Phi) is 7.31. The van der Waals surface area contributed by atoms with Crippen LogP contribution in [0.1, 0.15) is 71.1 Å². The molecule has 4 aromatic rings. The summed E-state index contributed by atoms with van der Waals surface area (Å²) in [5.41, 5.74) is -0.0724. The number of carboxylic acid groups (broad SMARTS) is 1. The fourth-order valence-electron chi connectivity index (χ4n) is 7.12. The Hall–Kier alpha value is -2.60. The van der Waals surface area contributed by atoms with Crippen LogP contribution in [-0.4, -0.2) is 45.6 Å². The van der Waals surface area contributed by atoms with E-state index in [-0.39, 0.29) is 35.4 Å². The molecule has 2 aromatic carbocycles. The number of aliphatic hydroxyl groups is 1. The second-order valence-corrected chi connectivity index (χ2v) is 13.8. The SMILES string of the molecule is COCC1(OCc2c(-c3c(Cl)cccc3Cl)noc2C2CC2)CC2CCC(C1)C2(O)c1nc2c(F)cc(C(=O)O)cc2s1. The lowest BCUT2D eigenvalue weighted by atomic mass is 9.68. The Morgan fingerprint density at radius 1 is 1.16 bits per heavy atom. The summed E-state index contributed by atoms with van der Waals surface area (Å²) in [6.07, 6.45) is 4.51. The Morgan fingerprint density at radius 3 is 2.49 bits per heavy atom. The molecule has 43 heavy (non-hydrogen) atoms. The maximum atomic E-state index is 14.8. The van der Waals surface area contributed by atoms with Gasteiger partial charge in [-0.25, -0.2) is 14.2 Å². The molecule has 2 bridgehead atoms. The van der Waals surface area contributed by atoms with Crippen LogP contribution < -0.4 is 0 Å². The standard InChI is InChI=1S/C31H29Cl2FN2O6S/c1-40-14-30(41-13-19-25(36-42-27(19)15-5-6-15)24-20(32)3-2-4-21(24)33)11-17-7-8-18(12-30)31(17,39)29-35-26-22(34)9-16(28(37)38)10-23(26)43-29/h2-4,9-10,15,17-18,39H,5-8,11-14H2,1H3,(H,37,38). The molecule has 0 spiro atoms. The first kappa shape index (κ1) is 29.1. The van der Waals surface area contributed by atoms with Crippen LogP contribution in [0.4, 0.5) is 4.39 Å². The van der Waals surface area contributed by atoms with Gasteiger partial charge in [-0.1, -0.05) is 34.4 Å². The minimum absolute atomic E-state index is 0.0774. The van der Waals surface area contributed by atoms with Crippen LogP contribution in [-0.2, 0) is 21.7 Å². The van der Waals surface area contributed by atoms with Crippen molar-refractivity contribution in [2.45, 2.75) is 62.3 Å². The minimum atomic E-state index is -1.28. The van der Waals surface area contributed by atoms with Gasteiger partial charge in [-0.05, 0) is 74.6 Å². The highest BCUT2D eigenvalue weighted by Gasteiger charge is 2.60. The second kappa shape index (κ2) is 10.8. The van der Waals surface area contributed by atoms with Crippen molar-refractivity contribution in [3.8, 4) is 11.3 Å². The normalized spacial score (nSPS) is 26.8. The summed E-state index contributed by atoms with van der Waals surface area (Å²) in [7, 11) is 1.63. The van der Waals surface area contributed by atoms with Gasteiger partial charge in [-0.15, -0.1) is 11.3 Å². The average molecular weight is 648 g/mol. The largest absolute Gasteiger partial charge is 0.478 e. The number of hydrogen-bond donors (Lipinski definition) is 2. The van der Waals surface area contributed by atoms with Crippen LogP contribution in [0.25, 0.3) is 21.5 Å². The molecule has 8 nitrogen and oxygen atoms in total. The van der Waals surface area contributed by atoms with Gasteiger partial charge in [0.05, 0.1) is 39.1 Å². The average Bonchev–Trinajstić information content (AvgIpc) is 3.53. The molecule has 3 aliphatic rings. The lowest BCUT2D eigenvalue weighted by molar-refractivity contribution is -0.183. The van der Waals surface area contributed by atoms with Crippen molar-refractivity contribution in [2.75, 3.05) is 13.7 Å². The molecular weight excluding hydrogens is 618 g/mol. The third-order valence-electron chi connectivity index (χ3n) is 9.28. The van der Waals surface area contributed by atoms with Crippen LogP contribution in [0.2, 0.25) is 10.0 Å². The number of carboxylic acids is 1.